The van der Waals surface area contributed by atoms with Gasteiger partial charge >= 0.3 is 5.97 Å². The number of nitro benzene ring substituents is 1. The maximum Gasteiger partial charge on any atom is 0.344 e. The Bertz CT molecular complexity index is 540. The molecule has 1 aliphatic rings. The van der Waals surface area contributed by atoms with Crippen molar-refractivity contribution in [1.29, 1.82) is 0 Å². The topological polar surface area (TPSA) is 102 Å². The zero-order valence-electron chi connectivity index (χ0n) is 11.1. The van der Waals surface area contributed by atoms with Crippen LogP contribution in [0.15, 0.2) is 18.2 Å². The second-order valence-electron chi connectivity index (χ2n) is 4.91. The average molecular weight is 280 g/mol. The number of hydrogen-bond acceptors (Lipinski definition) is 6. The molecule has 20 heavy (non-hydrogen) atoms. The van der Waals surface area contributed by atoms with Crippen molar-refractivity contribution in [1.82, 2.24) is 0 Å². The lowest BCUT2D eigenvalue weighted by Crippen LogP contribution is -2.43. The van der Waals surface area contributed by atoms with E-state index in [1.54, 1.807) is 0 Å². The molecular weight excluding hydrogens is 264 g/mol. The molecule has 0 heterocycles. The number of rotatable bonds is 5. The van der Waals surface area contributed by atoms with Gasteiger partial charge in [0, 0.05) is 18.3 Å². The van der Waals surface area contributed by atoms with Crippen LogP contribution in [0.4, 0.5) is 11.4 Å². The number of esters is 1. The van der Waals surface area contributed by atoms with Crippen LogP contribution in [-0.4, -0.2) is 35.3 Å². The molecule has 0 radical (unpaired) electrons. The van der Waals surface area contributed by atoms with Crippen molar-refractivity contribution < 1.29 is 19.6 Å². The lowest BCUT2D eigenvalue weighted by atomic mass is 9.80. The molecule has 2 N–H and O–H groups in total. The third-order valence-corrected chi connectivity index (χ3v) is 3.50. The molecule has 108 valence electrons. The summed E-state index contributed by atoms with van der Waals surface area (Å²) in [6.45, 7) is 0.353. The molecule has 1 aromatic rings. The molecule has 0 bridgehead atoms. The maximum atomic E-state index is 11.6. The highest BCUT2D eigenvalue weighted by Gasteiger charge is 2.34. The first-order valence-electron chi connectivity index (χ1n) is 6.28. The number of aliphatic hydroxyl groups is 1. The minimum absolute atomic E-state index is 0.108. The summed E-state index contributed by atoms with van der Waals surface area (Å²) in [5, 5.41) is 23.8. The van der Waals surface area contributed by atoms with Crippen LogP contribution in [0.2, 0.25) is 0 Å². The van der Waals surface area contributed by atoms with Crippen LogP contribution < -0.4 is 5.32 Å². The number of nitrogens with zero attached hydrogens (tertiary/aromatic N) is 1. The minimum atomic E-state index is -0.761. The number of benzene rings is 1. The van der Waals surface area contributed by atoms with Crippen molar-refractivity contribution >= 4 is 17.3 Å². The average Bonchev–Trinajstić information content (AvgIpc) is 2.41. The van der Waals surface area contributed by atoms with Gasteiger partial charge in [-0.05, 0) is 31.4 Å². The molecule has 1 fully saturated rings. The van der Waals surface area contributed by atoms with Crippen molar-refractivity contribution in [2.45, 2.75) is 24.9 Å². The number of hydrogen-bond donors (Lipinski definition) is 2. The van der Waals surface area contributed by atoms with Gasteiger partial charge in [-0.3, -0.25) is 10.1 Å². The van der Waals surface area contributed by atoms with Crippen molar-refractivity contribution in [2.24, 2.45) is 0 Å². The van der Waals surface area contributed by atoms with E-state index in [-0.39, 0.29) is 11.3 Å². The highest BCUT2D eigenvalue weighted by Crippen LogP contribution is 2.32. The number of ether oxygens (including phenoxy) is 1. The van der Waals surface area contributed by atoms with E-state index in [0.717, 1.165) is 19.3 Å². The van der Waals surface area contributed by atoms with Gasteiger partial charge in [0.1, 0.15) is 5.56 Å². The molecule has 7 nitrogen and oxygen atoms in total. The molecule has 0 unspecified atom stereocenters. The van der Waals surface area contributed by atoms with Crippen LogP contribution in [0.3, 0.4) is 0 Å². The second-order valence-corrected chi connectivity index (χ2v) is 4.91. The standard InChI is InChI=1S/C13H16N2O5/c1-20-12(16)10-7-9(3-4-11(10)15(18)19)14-8-13(17)5-2-6-13/h3-4,7,14,17H,2,5-6,8H2,1H3. The fourth-order valence-electron chi connectivity index (χ4n) is 2.11. The number of anilines is 1. The third kappa shape index (κ3) is 2.88. The Labute approximate surface area is 115 Å². The predicted molar refractivity (Wildman–Crippen MR) is 71.7 cm³/mol. The summed E-state index contributed by atoms with van der Waals surface area (Å²) in [4.78, 5) is 21.8. The maximum absolute atomic E-state index is 11.6. The van der Waals surface area contributed by atoms with Crippen LogP contribution in [0.1, 0.15) is 29.6 Å². The van der Waals surface area contributed by atoms with E-state index in [2.05, 4.69) is 10.1 Å². The summed E-state index contributed by atoms with van der Waals surface area (Å²) < 4.78 is 4.54. The first kappa shape index (κ1) is 14.3. The minimum Gasteiger partial charge on any atom is -0.465 e. The Hall–Kier alpha value is -2.15. The van der Waals surface area contributed by atoms with Gasteiger partial charge in [-0.2, -0.15) is 0 Å². The molecule has 2 rings (SSSR count). The number of nitro groups is 1. The highest BCUT2D eigenvalue weighted by molar-refractivity contribution is 5.95. The second kappa shape index (κ2) is 5.46. The highest BCUT2D eigenvalue weighted by atomic mass is 16.6. The van der Waals surface area contributed by atoms with Crippen LogP contribution in [-0.2, 0) is 4.74 Å². The Morgan fingerprint density at radius 2 is 2.25 bits per heavy atom. The van der Waals surface area contributed by atoms with Gasteiger partial charge in [0.15, 0.2) is 0 Å². The van der Waals surface area contributed by atoms with Crippen LogP contribution >= 0.6 is 0 Å². The van der Waals surface area contributed by atoms with Gasteiger partial charge in [0.2, 0.25) is 0 Å². The van der Waals surface area contributed by atoms with Crippen LogP contribution in [0.5, 0.6) is 0 Å². The first-order chi connectivity index (χ1) is 9.45. The van der Waals surface area contributed by atoms with E-state index in [9.17, 15) is 20.0 Å². The van der Waals surface area contributed by atoms with E-state index in [1.165, 1.54) is 25.3 Å². The van der Waals surface area contributed by atoms with Crippen molar-refractivity contribution in [2.75, 3.05) is 19.0 Å². The summed E-state index contributed by atoms with van der Waals surface area (Å²) in [6.07, 6.45) is 2.46. The largest absolute Gasteiger partial charge is 0.465 e. The predicted octanol–water partition coefficient (Wildman–Crippen LogP) is 1.71. The smallest absolute Gasteiger partial charge is 0.344 e. The van der Waals surface area contributed by atoms with E-state index in [1.807, 2.05) is 0 Å². The molecule has 0 aliphatic heterocycles. The summed E-state index contributed by atoms with van der Waals surface area (Å²) in [6, 6.07) is 4.12. The van der Waals surface area contributed by atoms with E-state index < -0.39 is 16.5 Å². The van der Waals surface area contributed by atoms with Crippen molar-refractivity contribution in [3.8, 4) is 0 Å². The summed E-state index contributed by atoms with van der Waals surface area (Å²) >= 11 is 0. The first-order valence-corrected chi connectivity index (χ1v) is 6.28. The lowest BCUT2D eigenvalue weighted by molar-refractivity contribution is -0.385. The van der Waals surface area contributed by atoms with Crippen molar-refractivity contribution in [3.05, 3.63) is 33.9 Å². The lowest BCUT2D eigenvalue weighted by Gasteiger charge is -2.36. The Morgan fingerprint density at radius 1 is 1.55 bits per heavy atom. The van der Waals surface area contributed by atoms with E-state index in [4.69, 9.17) is 0 Å². The molecule has 0 atom stereocenters. The Morgan fingerprint density at radius 3 is 2.75 bits per heavy atom. The molecule has 1 saturated carbocycles. The monoisotopic (exact) mass is 280 g/mol. The van der Waals surface area contributed by atoms with Gasteiger partial charge in [0.25, 0.3) is 5.69 Å². The summed E-state index contributed by atoms with van der Waals surface area (Å²) in [5.74, 6) is -0.761. The Balaban J connectivity index is 2.18. The van der Waals surface area contributed by atoms with Gasteiger partial charge in [-0.25, -0.2) is 4.79 Å². The van der Waals surface area contributed by atoms with Gasteiger partial charge in [-0.15, -0.1) is 0 Å². The zero-order valence-corrected chi connectivity index (χ0v) is 11.1. The molecule has 0 saturated heterocycles. The van der Waals surface area contributed by atoms with E-state index in [0.29, 0.717) is 12.2 Å². The summed E-state index contributed by atoms with van der Waals surface area (Å²) in [7, 11) is 1.17. The third-order valence-electron chi connectivity index (χ3n) is 3.50. The fourth-order valence-corrected chi connectivity index (χ4v) is 2.11. The molecule has 1 aromatic carbocycles. The van der Waals surface area contributed by atoms with Crippen LogP contribution in [0.25, 0.3) is 0 Å². The molecular formula is C13H16N2O5. The number of carbonyl (C=O) groups excluding carboxylic acids is 1. The normalized spacial score (nSPS) is 16.1. The number of nitrogens with one attached hydrogen (secondary N) is 1. The quantitative estimate of drug-likeness (QED) is 0.483. The fraction of sp³-hybridized carbons (Fsp3) is 0.462. The van der Waals surface area contributed by atoms with E-state index >= 15 is 0 Å². The summed E-state index contributed by atoms with van der Waals surface area (Å²) in [5.41, 5.74) is -0.586. The van der Waals surface area contributed by atoms with Gasteiger partial charge in [0.05, 0.1) is 17.6 Å². The van der Waals surface area contributed by atoms with Gasteiger partial charge in [-0.1, -0.05) is 0 Å². The number of carbonyl (C=O) groups is 1. The molecule has 0 spiro atoms. The molecule has 1 aliphatic carbocycles. The zero-order chi connectivity index (χ0) is 14.8. The molecule has 7 heteroatoms. The van der Waals surface area contributed by atoms with Crippen LogP contribution in [0, 0.1) is 10.1 Å². The molecule has 0 aromatic heterocycles. The Kier molecular flexibility index (Phi) is 3.89. The van der Waals surface area contributed by atoms with Crippen molar-refractivity contribution in [3.63, 3.8) is 0 Å². The molecule has 0 amide bonds. The van der Waals surface area contributed by atoms with Gasteiger partial charge < -0.3 is 15.2 Å². The number of methoxy groups -OCH3 is 1. The SMILES string of the molecule is COC(=O)c1cc(NCC2(O)CCC2)ccc1[N+](=O)[O-].